The number of hydrogen-bond donors (Lipinski definition) is 3. The largest absolute Gasteiger partial charge is 0.457 e. The van der Waals surface area contributed by atoms with Gasteiger partial charge in [0, 0.05) is 0 Å². The monoisotopic (exact) mass is 331 g/mol. The Kier molecular flexibility index (Phi) is 4.59. The van der Waals surface area contributed by atoms with Crippen LogP contribution in [0.3, 0.4) is 0 Å². The van der Waals surface area contributed by atoms with Crippen molar-refractivity contribution >= 4 is 27.6 Å². The number of carbonyl (C=O) groups excluding carboxylic acids is 1. The number of furan rings is 1. The van der Waals surface area contributed by atoms with Gasteiger partial charge in [-0.25, -0.2) is 9.78 Å². The van der Waals surface area contributed by atoms with Crippen LogP contribution in [0.2, 0.25) is 0 Å². The summed E-state index contributed by atoms with van der Waals surface area (Å²) in [5.41, 5.74) is 0.945. The molecular weight excluding hydrogens is 314 g/mol. The van der Waals surface area contributed by atoms with Gasteiger partial charge in [-0.15, -0.1) is 11.3 Å². The molecule has 7 heteroatoms. The Balaban J connectivity index is 1.65. The standard InChI is InChI=1S/C16H17N3O3S/c1-10(9-20)18-16(21)17-8-11-6-7-13(22-11)15-19-12-4-2-3-5-14(12)23-15/h2-7,10,20H,8-9H2,1H3,(H2,17,18,21). The minimum Gasteiger partial charge on any atom is -0.457 e. The first kappa shape index (κ1) is 15.5. The summed E-state index contributed by atoms with van der Waals surface area (Å²) in [5.74, 6) is 1.33. The number of aromatic nitrogens is 1. The second-order valence-electron chi connectivity index (χ2n) is 5.16. The molecule has 3 N–H and O–H groups in total. The average molecular weight is 331 g/mol. The molecule has 0 saturated carbocycles. The lowest BCUT2D eigenvalue weighted by Crippen LogP contribution is -2.41. The molecule has 120 valence electrons. The number of amides is 2. The lowest BCUT2D eigenvalue weighted by atomic mass is 10.3. The normalized spacial score (nSPS) is 12.3. The summed E-state index contributed by atoms with van der Waals surface area (Å²) in [5, 5.41) is 15.0. The van der Waals surface area contributed by atoms with E-state index in [9.17, 15) is 4.79 Å². The first-order chi connectivity index (χ1) is 11.2. The molecule has 3 rings (SSSR count). The van der Waals surface area contributed by atoms with Gasteiger partial charge < -0.3 is 20.2 Å². The molecule has 3 aromatic rings. The van der Waals surface area contributed by atoms with Crippen LogP contribution in [-0.4, -0.2) is 28.8 Å². The number of nitrogens with one attached hydrogen (secondary N) is 2. The summed E-state index contributed by atoms with van der Waals surface area (Å²) >= 11 is 1.57. The van der Waals surface area contributed by atoms with Crippen LogP contribution in [0, 0.1) is 0 Å². The van der Waals surface area contributed by atoms with Crippen molar-refractivity contribution in [1.29, 1.82) is 0 Å². The number of hydrogen-bond acceptors (Lipinski definition) is 5. The van der Waals surface area contributed by atoms with Crippen LogP contribution in [0.5, 0.6) is 0 Å². The third kappa shape index (κ3) is 3.69. The van der Waals surface area contributed by atoms with Crippen LogP contribution in [0.25, 0.3) is 21.0 Å². The fraction of sp³-hybridized carbons (Fsp3) is 0.250. The van der Waals surface area contributed by atoms with Crippen LogP contribution in [0.15, 0.2) is 40.8 Å². The van der Waals surface area contributed by atoms with Gasteiger partial charge in [-0.1, -0.05) is 12.1 Å². The lowest BCUT2D eigenvalue weighted by molar-refractivity contribution is 0.219. The van der Waals surface area contributed by atoms with E-state index in [0.29, 0.717) is 11.5 Å². The zero-order valence-electron chi connectivity index (χ0n) is 12.6. The molecule has 0 bridgehead atoms. The number of nitrogens with zero attached hydrogens (tertiary/aromatic N) is 1. The van der Waals surface area contributed by atoms with E-state index in [4.69, 9.17) is 9.52 Å². The first-order valence-corrected chi connectivity index (χ1v) is 8.07. The Bertz CT molecular complexity index is 779. The van der Waals surface area contributed by atoms with E-state index in [1.54, 1.807) is 18.3 Å². The molecule has 0 aliphatic carbocycles. The third-order valence-corrected chi connectivity index (χ3v) is 4.29. The molecule has 1 atom stereocenters. The summed E-state index contributed by atoms with van der Waals surface area (Å²) in [7, 11) is 0. The Morgan fingerprint density at radius 1 is 1.35 bits per heavy atom. The molecular formula is C16H17N3O3S. The van der Waals surface area contributed by atoms with Gasteiger partial charge in [0.15, 0.2) is 10.8 Å². The van der Waals surface area contributed by atoms with Crippen molar-refractivity contribution in [3.05, 3.63) is 42.2 Å². The highest BCUT2D eigenvalue weighted by atomic mass is 32.1. The van der Waals surface area contributed by atoms with Crippen LogP contribution < -0.4 is 10.6 Å². The Morgan fingerprint density at radius 2 is 2.17 bits per heavy atom. The van der Waals surface area contributed by atoms with Crippen molar-refractivity contribution in [3.8, 4) is 10.8 Å². The summed E-state index contributed by atoms with van der Waals surface area (Å²) in [6.45, 7) is 1.89. The molecule has 23 heavy (non-hydrogen) atoms. The molecule has 1 unspecified atom stereocenters. The Labute approximate surface area is 137 Å². The second kappa shape index (κ2) is 6.80. The quantitative estimate of drug-likeness (QED) is 0.671. The van der Waals surface area contributed by atoms with E-state index < -0.39 is 0 Å². The van der Waals surface area contributed by atoms with E-state index in [2.05, 4.69) is 15.6 Å². The van der Waals surface area contributed by atoms with Crippen LogP contribution in [0.1, 0.15) is 12.7 Å². The van der Waals surface area contributed by atoms with Crippen LogP contribution in [0.4, 0.5) is 4.79 Å². The van der Waals surface area contributed by atoms with Gasteiger partial charge in [-0.3, -0.25) is 0 Å². The van der Waals surface area contributed by atoms with Gasteiger partial charge in [0.2, 0.25) is 0 Å². The number of aliphatic hydroxyl groups excluding tert-OH is 1. The van der Waals surface area contributed by atoms with E-state index in [1.165, 1.54) is 0 Å². The summed E-state index contributed by atoms with van der Waals surface area (Å²) in [6.07, 6.45) is 0. The number of urea groups is 1. The van der Waals surface area contributed by atoms with Crippen molar-refractivity contribution in [2.45, 2.75) is 19.5 Å². The van der Waals surface area contributed by atoms with Crippen LogP contribution in [-0.2, 0) is 6.54 Å². The number of benzene rings is 1. The maximum absolute atomic E-state index is 11.6. The summed E-state index contributed by atoms with van der Waals surface area (Å²) in [6, 6.07) is 11.0. The van der Waals surface area contributed by atoms with E-state index >= 15 is 0 Å². The van der Waals surface area contributed by atoms with Crippen molar-refractivity contribution in [1.82, 2.24) is 15.6 Å². The molecule has 0 aliphatic heterocycles. The second-order valence-corrected chi connectivity index (χ2v) is 6.19. The third-order valence-electron chi connectivity index (χ3n) is 3.24. The molecule has 0 fully saturated rings. The highest BCUT2D eigenvalue weighted by Crippen LogP contribution is 2.30. The first-order valence-electron chi connectivity index (χ1n) is 7.25. The maximum Gasteiger partial charge on any atom is 0.315 e. The molecule has 0 saturated heterocycles. The van der Waals surface area contributed by atoms with Gasteiger partial charge in [0.1, 0.15) is 5.76 Å². The number of aliphatic hydroxyl groups is 1. The SMILES string of the molecule is CC(CO)NC(=O)NCc1ccc(-c2nc3ccccc3s2)o1. The number of thiazole rings is 1. The smallest absolute Gasteiger partial charge is 0.315 e. The molecule has 2 heterocycles. The fourth-order valence-corrected chi connectivity index (χ4v) is 2.98. The predicted octanol–water partition coefficient (Wildman–Crippen LogP) is 2.74. The van der Waals surface area contributed by atoms with Crippen molar-refractivity contribution in [3.63, 3.8) is 0 Å². The minimum atomic E-state index is -0.343. The van der Waals surface area contributed by atoms with Crippen molar-refractivity contribution in [2.24, 2.45) is 0 Å². The zero-order chi connectivity index (χ0) is 16.2. The fourth-order valence-electron chi connectivity index (χ4n) is 2.05. The number of rotatable bonds is 5. The van der Waals surface area contributed by atoms with Crippen molar-refractivity contribution < 1.29 is 14.3 Å². The van der Waals surface area contributed by atoms with Crippen molar-refractivity contribution in [2.75, 3.05) is 6.61 Å². The molecule has 6 nitrogen and oxygen atoms in total. The van der Waals surface area contributed by atoms with Gasteiger partial charge in [0.05, 0.1) is 29.4 Å². The Hall–Kier alpha value is -2.38. The van der Waals surface area contributed by atoms with E-state index in [0.717, 1.165) is 15.2 Å². The summed E-state index contributed by atoms with van der Waals surface area (Å²) in [4.78, 5) is 16.1. The topological polar surface area (TPSA) is 87.4 Å². The lowest BCUT2D eigenvalue weighted by Gasteiger charge is -2.10. The number of para-hydroxylation sites is 1. The molecule has 0 radical (unpaired) electrons. The van der Waals surface area contributed by atoms with Gasteiger partial charge in [-0.05, 0) is 31.2 Å². The molecule has 0 aliphatic rings. The molecule has 1 aromatic carbocycles. The number of carbonyl (C=O) groups is 1. The maximum atomic E-state index is 11.6. The predicted molar refractivity (Wildman–Crippen MR) is 89.2 cm³/mol. The van der Waals surface area contributed by atoms with Gasteiger partial charge >= 0.3 is 6.03 Å². The zero-order valence-corrected chi connectivity index (χ0v) is 13.4. The minimum absolute atomic E-state index is 0.101. The van der Waals surface area contributed by atoms with E-state index in [1.807, 2.05) is 36.4 Å². The van der Waals surface area contributed by atoms with E-state index in [-0.39, 0.29) is 25.2 Å². The Morgan fingerprint density at radius 3 is 2.96 bits per heavy atom. The highest BCUT2D eigenvalue weighted by molar-refractivity contribution is 7.21. The van der Waals surface area contributed by atoms with Crippen LogP contribution >= 0.6 is 11.3 Å². The van der Waals surface area contributed by atoms with Gasteiger partial charge in [-0.2, -0.15) is 0 Å². The van der Waals surface area contributed by atoms with Gasteiger partial charge in [0.25, 0.3) is 0 Å². The molecule has 2 aromatic heterocycles. The molecule has 0 spiro atoms. The summed E-state index contributed by atoms with van der Waals surface area (Å²) < 4.78 is 6.84. The molecule has 2 amide bonds. The highest BCUT2D eigenvalue weighted by Gasteiger charge is 2.11. The number of fused-ring (bicyclic) bond motifs is 1. The average Bonchev–Trinajstić information content (AvgIpc) is 3.19.